The molecule has 0 amide bonds. The topological polar surface area (TPSA) is 0 Å². The fraction of sp³-hybridized carbons (Fsp3) is 0.667. The minimum atomic E-state index is 0.766. The van der Waals surface area contributed by atoms with E-state index in [4.69, 9.17) is 0 Å². The summed E-state index contributed by atoms with van der Waals surface area (Å²) in [5.41, 5.74) is 1.47. The van der Waals surface area contributed by atoms with Crippen LogP contribution in [0.2, 0.25) is 0 Å². The summed E-state index contributed by atoms with van der Waals surface area (Å²) in [5, 5.41) is 0. The van der Waals surface area contributed by atoms with Crippen LogP contribution in [0.25, 0.3) is 0 Å². The van der Waals surface area contributed by atoms with E-state index < -0.39 is 0 Å². The van der Waals surface area contributed by atoms with Gasteiger partial charge in [-0.25, -0.2) is 0 Å². The molecule has 0 radical (unpaired) electrons. The number of hydrogen-bond acceptors (Lipinski definition) is 0. The van der Waals surface area contributed by atoms with Gasteiger partial charge in [0.25, 0.3) is 0 Å². The third kappa shape index (κ3) is 6.21. The van der Waals surface area contributed by atoms with Crippen LogP contribution in [0.1, 0.15) is 47.0 Å². The van der Waals surface area contributed by atoms with Crippen molar-refractivity contribution >= 4 is 0 Å². The SMILES string of the molecule is C/C=C(\C=C/CCC)CC(C)C. The lowest BCUT2D eigenvalue weighted by molar-refractivity contribution is 0.649. The second-order valence-corrected chi connectivity index (χ2v) is 3.65. The summed E-state index contributed by atoms with van der Waals surface area (Å²) in [6, 6.07) is 0. The van der Waals surface area contributed by atoms with Gasteiger partial charge in [0.05, 0.1) is 0 Å². The maximum absolute atomic E-state index is 2.28. The average Bonchev–Trinajstić information content (AvgIpc) is 2.02. The average molecular weight is 166 g/mol. The van der Waals surface area contributed by atoms with Crippen LogP contribution in [0.15, 0.2) is 23.8 Å². The summed E-state index contributed by atoms with van der Waals surface area (Å²) in [5.74, 6) is 0.766. The first-order valence-electron chi connectivity index (χ1n) is 5.02. The molecule has 0 atom stereocenters. The van der Waals surface area contributed by atoms with Crippen molar-refractivity contribution < 1.29 is 0 Å². The Kier molecular flexibility index (Phi) is 6.84. The van der Waals surface area contributed by atoms with E-state index in [1.165, 1.54) is 24.8 Å². The summed E-state index contributed by atoms with van der Waals surface area (Å²) in [6.07, 6.45) is 10.4. The Balaban J connectivity index is 3.84. The molecule has 0 heteroatoms. The molecule has 12 heavy (non-hydrogen) atoms. The van der Waals surface area contributed by atoms with E-state index in [0.717, 1.165) is 5.92 Å². The van der Waals surface area contributed by atoms with Gasteiger partial charge in [0.15, 0.2) is 0 Å². The van der Waals surface area contributed by atoms with Gasteiger partial charge in [0.1, 0.15) is 0 Å². The first-order valence-corrected chi connectivity index (χ1v) is 5.02. The molecule has 0 spiro atoms. The van der Waals surface area contributed by atoms with Crippen molar-refractivity contribution in [3.63, 3.8) is 0 Å². The van der Waals surface area contributed by atoms with Crippen molar-refractivity contribution in [3.05, 3.63) is 23.8 Å². The third-order valence-corrected chi connectivity index (χ3v) is 1.80. The van der Waals surface area contributed by atoms with E-state index in [1.54, 1.807) is 0 Å². The molecule has 0 saturated carbocycles. The first-order chi connectivity index (χ1) is 5.70. The van der Waals surface area contributed by atoms with E-state index in [1.807, 2.05) is 0 Å². The zero-order valence-electron chi connectivity index (χ0n) is 8.93. The van der Waals surface area contributed by atoms with Gasteiger partial charge in [-0.1, -0.05) is 51.0 Å². The van der Waals surface area contributed by atoms with Crippen molar-refractivity contribution in [2.75, 3.05) is 0 Å². The molecule has 0 nitrogen and oxygen atoms in total. The summed E-state index contributed by atoms with van der Waals surface area (Å²) >= 11 is 0. The lowest BCUT2D eigenvalue weighted by atomic mass is 10.0. The minimum Gasteiger partial charge on any atom is -0.0844 e. The minimum absolute atomic E-state index is 0.766. The molecule has 0 aliphatic heterocycles. The van der Waals surface area contributed by atoms with Crippen LogP contribution in [-0.4, -0.2) is 0 Å². The molecule has 0 saturated heterocycles. The van der Waals surface area contributed by atoms with Crippen molar-refractivity contribution in [1.82, 2.24) is 0 Å². The van der Waals surface area contributed by atoms with Crippen LogP contribution in [0.4, 0.5) is 0 Å². The monoisotopic (exact) mass is 166 g/mol. The lowest BCUT2D eigenvalue weighted by Crippen LogP contribution is -1.88. The normalized spacial score (nSPS) is 13.2. The van der Waals surface area contributed by atoms with Crippen molar-refractivity contribution in [2.24, 2.45) is 5.92 Å². The van der Waals surface area contributed by atoms with Gasteiger partial charge in [-0.3, -0.25) is 0 Å². The van der Waals surface area contributed by atoms with E-state index in [0.29, 0.717) is 0 Å². The zero-order chi connectivity index (χ0) is 9.40. The van der Waals surface area contributed by atoms with Crippen LogP contribution >= 0.6 is 0 Å². The maximum Gasteiger partial charge on any atom is -0.0259 e. The highest BCUT2D eigenvalue weighted by molar-refractivity contribution is 5.17. The molecule has 0 aromatic heterocycles. The zero-order valence-corrected chi connectivity index (χ0v) is 8.93. The molecule has 0 unspecified atom stereocenters. The third-order valence-electron chi connectivity index (χ3n) is 1.80. The highest BCUT2D eigenvalue weighted by Crippen LogP contribution is 2.12. The molecule has 0 N–H and O–H groups in total. The van der Waals surface area contributed by atoms with Crippen molar-refractivity contribution in [2.45, 2.75) is 47.0 Å². The van der Waals surface area contributed by atoms with Gasteiger partial charge in [-0.2, -0.15) is 0 Å². The van der Waals surface area contributed by atoms with E-state index in [2.05, 4.69) is 45.9 Å². The van der Waals surface area contributed by atoms with Crippen molar-refractivity contribution in [1.29, 1.82) is 0 Å². The lowest BCUT2D eigenvalue weighted by Gasteiger charge is -2.04. The fourth-order valence-corrected chi connectivity index (χ4v) is 1.15. The molecule has 0 aromatic rings. The van der Waals surface area contributed by atoms with Gasteiger partial charge >= 0.3 is 0 Å². The quantitative estimate of drug-likeness (QED) is 0.533. The summed E-state index contributed by atoms with van der Waals surface area (Å²) in [7, 11) is 0. The molecule has 0 bridgehead atoms. The molecule has 0 aromatic carbocycles. The van der Waals surface area contributed by atoms with Crippen LogP contribution in [-0.2, 0) is 0 Å². The Hall–Kier alpha value is -0.520. The second-order valence-electron chi connectivity index (χ2n) is 3.65. The van der Waals surface area contributed by atoms with Gasteiger partial charge in [0.2, 0.25) is 0 Å². The highest BCUT2D eigenvalue weighted by atomic mass is 14.0. The standard InChI is InChI=1S/C12H22/c1-5-7-8-9-12(6-2)10-11(3)4/h6,8-9,11H,5,7,10H2,1-4H3/b9-8-,12-6+. The van der Waals surface area contributed by atoms with Gasteiger partial charge < -0.3 is 0 Å². The molecule has 70 valence electrons. The van der Waals surface area contributed by atoms with Crippen LogP contribution in [0.3, 0.4) is 0 Å². The largest absolute Gasteiger partial charge is 0.0844 e. The molecular weight excluding hydrogens is 144 g/mol. The molecule has 0 fully saturated rings. The highest BCUT2D eigenvalue weighted by Gasteiger charge is 1.95. The van der Waals surface area contributed by atoms with E-state index >= 15 is 0 Å². The fourth-order valence-electron chi connectivity index (χ4n) is 1.15. The molecule has 0 heterocycles. The maximum atomic E-state index is 2.28. The number of unbranched alkanes of at least 4 members (excludes halogenated alkanes) is 1. The van der Waals surface area contributed by atoms with E-state index in [-0.39, 0.29) is 0 Å². The Labute approximate surface area is 77.4 Å². The Morgan fingerprint density at radius 1 is 1.33 bits per heavy atom. The van der Waals surface area contributed by atoms with E-state index in [9.17, 15) is 0 Å². The van der Waals surface area contributed by atoms with Crippen molar-refractivity contribution in [3.8, 4) is 0 Å². The summed E-state index contributed by atoms with van der Waals surface area (Å²) in [4.78, 5) is 0. The molecule has 0 aliphatic rings. The van der Waals surface area contributed by atoms with Crippen LogP contribution in [0, 0.1) is 5.92 Å². The van der Waals surface area contributed by atoms with Gasteiger partial charge in [-0.05, 0) is 25.7 Å². The number of allylic oxidation sites excluding steroid dienone is 4. The molecule has 0 rings (SSSR count). The number of hydrogen-bond donors (Lipinski definition) is 0. The van der Waals surface area contributed by atoms with Gasteiger partial charge in [-0.15, -0.1) is 0 Å². The number of rotatable bonds is 5. The first kappa shape index (κ1) is 11.5. The predicted molar refractivity (Wildman–Crippen MR) is 57.3 cm³/mol. The summed E-state index contributed by atoms with van der Waals surface area (Å²) < 4.78 is 0. The Bertz CT molecular complexity index is 149. The predicted octanol–water partition coefficient (Wildman–Crippen LogP) is 4.34. The van der Waals surface area contributed by atoms with Gasteiger partial charge in [0, 0.05) is 0 Å². The smallest absolute Gasteiger partial charge is 0.0259 e. The second kappa shape index (κ2) is 7.15. The van der Waals surface area contributed by atoms with Crippen LogP contribution in [0.5, 0.6) is 0 Å². The Morgan fingerprint density at radius 2 is 2.00 bits per heavy atom. The Morgan fingerprint density at radius 3 is 2.42 bits per heavy atom. The molecular formula is C12H22. The van der Waals surface area contributed by atoms with Crippen LogP contribution < -0.4 is 0 Å². The molecule has 0 aliphatic carbocycles. The summed E-state index contributed by atoms with van der Waals surface area (Å²) in [6.45, 7) is 8.85.